The van der Waals surface area contributed by atoms with Crippen LogP contribution in [-0.2, 0) is 10.8 Å². The van der Waals surface area contributed by atoms with Crippen LogP contribution < -0.4 is 5.73 Å². The molecular formula is C18H29ClF3NO. The molecule has 6 heteroatoms. The zero-order chi connectivity index (χ0) is 18.2. The molecular weight excluding hydrogens is 339 g/mol. The van der Waals surface area contributed by atoms with Gasteiger partial charge >= 0.3 is 6.18 Å². The minimum absolute atomic E-state index is 0. The second-order valence-corrected chi connectivity index (χ2v) is 8.22. The van der Waals surface area contributed by atoms with Crippen molar-refractivity contribution in [3.05, 3.63) is 28.8 Å². The first kappa shape index (κ1) is 23.1. The number of phenolic OH excluding ortho intramolecular Hbond substituents is 1. The predicted molar refractivity (Wildman–Crippen MR) is 95.0 cm³/mol. The Hall–Kier alpha value is -0.940. The van der Waals surface area contributed by atoms with Crippen LogP contribution in [0.25, 0.3) is 0 Å². The molecule has 0 radical (unpaired) electrons. The van der Waals surface area contributed by atoms with Gasteiger partial charge in [0.15, 0.2) is 0 Å². The summed E-state index contributed by atoms with van der Waals surface area (Å²) in [5.74, 6) is 0.0141. The topological polar surface area (TPSA) is 46.2 Å². The van der Waals surface area contributed by atoms with Crippen LogP contribution in [0, 0.1) is 0 Å². The van der Waals surface area contributed by atoms with Gasteiger partial charge < -0.3 is 10.8 Å². The number of hydrogen-bond donors (Lipinski definition) is 2. The lowest BCUT2D eigenvalue weighted by Crippen LogP contribution is -2.21. The summed E-state index contributed by atoms with van der Waals surface area (Å²) in [6, 6.07) is 2.82. The van der Waals surface area contributed by atoms with E-state index in [-0.39, 0.29) is 35.4 Å². The van der Waals surface area contributed by atoms with Crippen molar-refractivity contribution < 1.29 is 18.3 Å². The first-order chi connectivity index (χ1) is 10.1. The van der Waals surface area contributed by atoms with Crippen molar-refractivity contribution in [1.29, 1.82) is 0 Å². The van der Waals surface area contributed by atoms with Crippen LogP contribution in [0.1, 0.15) is 77.1 Å². The van der Waals surface area contributed by atoms with E-state index >= 15 is 0 Å². The molecule has 0 saturated heterocycles. The highest BCUT2D eigenvalue weighted by Gasteiger charge is 2.30. The van der Waals surface area contributed by atoms with E-state index in [1.807, 2.05) is 47.6 Å². The molecule has 1 rings (SSSR count). The highest BCUT2D eigenvalue weighted by atomic mass is 35.5. The van der Waals surface area contributed by atoms with Crippen LogP contribution in [0.5, 0.6) is 5.75 Å². The quantitative estimate of drug-likeness (QED) is 0.714. The van der Waals surface area contributed by atoms with Crippen LogP contribution in [0.3, 0.4) is 0 Å². The highest BCUT2D eigenvalue weighted by Crippen LogP contribution is 2.40. The fraction of sp³-hybridized carbons (Fsp3) is 0.667. The molecule has 1 aromatic carbocycles. The van der Waals surface area contributed by atoms with Gasteiger partial charge in [0.25, 0.3) is 0 Å². The highest BCUT2D eigenvalue weighted by molar-refractivity contribution is 5.85. The van der Waals surface area contributed by atoms with Crippen molar-refractivity contribution in [1.82, 2.24) is 0 Å². The number of alkyl halides is 3. The molecule has 0 heterocycles. The Bertz CT molecular complexity index is 557. The van der Waals surface area contributed by atoms with Gasteiger partial charge in [-0.2, -0.15) is 13.2 Å². The second kappa shape index (κ2) is 7.52. The monoisotopic (exact) mass is 367 g/mol. The van der Waals surface area contributed by atoms with Crippen LogP contribution in [0.2, 0.25) is 0 Å². The van der Waals surface area contributed by atoms with Gasteiger partial charge in [0.1, 0.15) is 5.75 Å². The molecule has 0 bridgehead atoms. The van der Waals surface area contributed by atoms with Gasteiger partial charge in [-0.15, -0.1) is 12.4 Å². The van der Waals surface area contributed by atoms with Gasteiger partial charge in [0, 0.05) is 18.0 Å². The van der Waals surface area contributed by atoms with Gasteiger partial charge in [0.05, 0.1) is 0 Å². The molecule has 0 aliphatic carbocycles. The smallest absolute Gasteiger partial charge is 0.389 e. The molecule has 0 aliphatic rings. The first-order valence-electron chi connectivity index (χ1n) is 7.83. The summed E-state index contributed by atoms with van der Waals surface area (Å²) in [5, 5.41) is 10.6. The van der Waals surface area contributed by atoms with Crippen molar-refractivity contribution in [2.75, 3.05) is 0 Å². The minimum atomic E-state index is -4.25. The third kappa shape index (κ3) is 6.17. The van der Waals surface area contributed by atoms with Crippen molar-refractivity contribution in [2.24, 2.45) is 5.73 Å². The van der Waals surface area contributed by atoms with E-state index in [1.165, 1.54) is 0 Å². The summed E-state index contributed by atoms with van der Waals surface area (Å²) in [6.07, 6.45) is -5.45. The Labute approximate surface area is 149 Å². The Morgan fingerprint density at radius 3 is 1.88 bits per heavy atom. The number of rotatable bonds is 3. The van der Waals surface area contributed by atoms with Gasteiger partial charge in [-0.25, -0.2) is 0 Å². The maximum atomic E-state index is 12.5. The molecule has 2 nitrogen and oxygen atoms in total. The molecule has 0 aromatic heterocycles. The summed E-state index contributed by atoms with van der Waals surface area (Å²) in [4.78, 5) is 0. The van der Waals surface area contributed by atoms with Crippen LogP contribution in [0.15, 0.2) is 12.1 Å². The lowest BCUT2D eigenvalue weighted by molar-refractivity contribution is -0.136. The Balaban J connectivity index is 0.00000529. The summed E-state index contributed by atoms with van der Waals surface area (Å²) in [7, 11) is 0. The third-order valence-corrected chi connectivity index (χ3v) is 3.95. The average molecular weight is 368 g/mol. The van der Waals surface area contributed by atoms with E-state index in [1.54, 1.807) is 6.07 Å². The number of nitrogens with two attached hydrogens (primary N) is 1. The van der Waals surface area contributed by atoms with Crippen molar-refractivity contribution >= 4 is 12.4 Å². The first-order valence-corrected chi connectivity index (χ1v) is 7.83. The zero-order valence-electron chi connectivity index (χ0n) is 15.2. The molecule has 0 fully saturated rings. The predicted octanol–water partition coefficient (Wildman–Crippen LogP) is 5.75. The zero-order valence-corrected chi connectivity index (χ0v) is 16.0. The summed E-state index contributed by atoms with van der Waals surface area (Å²) in [5.41, 5.74) is 7.51. The molecule has 140 valence electrons. The van der Waals surface area contributed by atoms with Crippen LogP contribution >= 0.6 is 12.4 Å². The number of benzene rings is 1. The van der Waals surface area contributed by atoms with E-state index < -0.39 is 18.6 Å². The van der Waals surface area contributed by atoms with E-state index in [9.17, 15) is 18.3 Å². The molecule has 0 aliphatic heterocycles. The molecule has 0 saturated carbocycles. The molecule has 0 unspecified atom stereocenters. The lowest BCUT2D eigenvalue weighted by atomic mass is 9.78. The summed E-state index contributed by atoms with van der Waals surface area (Å²) >= 11 is 0. The van der Waals surface area contributed by atoms with Crippen LogP contribution in [0.4, 0.5) is 13.2 Å². The summed E-state index contributed by atoms with van der Waals surface area (Å²) < 4.78 is 37.4. The number of hydrogen-bond acceptors (Lipinski definition) is 2. The fourth-order valence-corrected chi connectivity index (χ4v) is 2.42. The molecule has 24 heavy (non-hydrogen) atoms. The lowest BCUT2D eigenvalue weighted by Gasteiger charge is -2.29. The van der Waals surface area contributed by atoms with E-state index in [4.69, 9.17) is 5.73 Å². The van der Waals surface area contributed by atoms with Gasteiger partial charge in [-0.1, -0.05) is 47.6 Å². The summed E-state index contributed by atoms with van der Waals surface area (Å²) in [6.45, 7) is 11.9. The maximum absolute atomic E-state index is 12.5. The third-order valence-electron chi connectivity index (χ3n) is 3.95. The van der Waals surface area contributed by atoms with E-state index in [0.717, 1.165) is 5.56 Å². The van der Waals surface area contributed by atoms with Crippen LogP contribution in [-0.4, -0.2) is 11.3 Å². The van der Waals surface area contributed by atoms with Crippen molar-refractivity contribution in [3.63, 3.8) is 0 Å². The van der Waals surface area contributed by atoms with Gasteiger partial charge in [-0.3, -0.25) is 0 Å². The standard InChI is InChI=1S/C18H28F3NO.ClH/c1-16(2,3)11-9-12(14(22)7-8-18(19,20)21)15(23)13(10-11)17(4,5)6;/h9-10,14,23H,7-8,22H2,1-6H3;1H/t14-;/m1./s1. The molecule has 0 spiro atoms. The molecule has 1 atom stereocenters. The Morgan fingerprint density at radius 2 is 1.50 bits per heavy atom. The number of phenols is 1. The molecule has 1 aromatic rings. The van der Waals surface area contributed by atoms with Crippen molar-refractivity contribution in [2.45, 2.75) is 77.4 Å². The largest absolute Gasteiger partial charge is 0.507 e. The van der Waals surface area contributed by atoms with Gasteiger partial charge in [-0.05, 0) is 34.4 Å². The van der Waals surface area contributed by atoms with E-state index in [2.05, 4.69) is 0 Å². The van der Waals surface area contributed by atoms with E-state index in [0.29, 0.717) is 11.1 Å². The Morgan fingerprint density at radius 1 is 1.00 bits per heavy atom. The average Bonchev–Trinajstić information content (AvgIpc) is 2.32. The maximum Gasteiger partial charge on any atom is 0.389 e. The van der Waals surface area contributed by atoms with Crippen molar-refractivity contribution in [3.8, 4) is 5.75 Å². The molecule has 0 amide bonds. The fourth-order valence-electron chi connectivity index (χ4n) is 2.42. The number of aromatic hydroxyl groups is 1. The SMILES string of the molecule is CC(C)(C)c1cc([C@H](N)CCC(F)(F)F)c(O)c(C(C)(C)C)c1.Cl. The Kier molecular flexibility index (Phi) is 7.23. The molecule has 3 N–H and O–H groups in total. The normalized spacial score (nSPS) is 14.2. The number of halogens is 4. The minimum Gasteiger partial charge on any atom is -0.507 e. The second-order valence-electron chi connectivity index (χ2n) is 8.22. The van der Waals surface area contributed by atoms with Gasteiger partial charge in [0.2, 0.25) is 0 Å².